The lowest BCUT2D eigenvalue weighted by Gasteiger charge is -2.27. The van der Waals surface area contributed by atoms with Crippen LogP contribution in [0.2, 0.25) is 0 Å². The Kier molecular flexibility index (Phi) is 4.95. The number of benzene rings is 1. The molecule has 1 saturated heterocycles. The normalized spacial score (nSPS) is 25.1. The van der Waals surface area contributed by atoms with E-state index in [2.05, 4.69) is 37.7 Å². The number of carbonyl (C=O) groups excluding carboxylic acids is 1. The monoisotopic (exact) mass is 274 g/mol. The first-order valence-electron chi connectivity index (χ1n) is 7.54. The molecule has 0 aromatic heterocycles. The minimum absolute atomic E-state index is 0.0183. The predicted octanol–water partition coefficient (Wildman–Crippen LogP) is 2.53. The van der Waals surface area contributed by atoms with Crippen molar-refractivity contribution in [3.05, 3.63) is 35.9 Å². The fourth-order valence-corrected chi connectivity index (χ4v) is 3.32. The summed E-state index contributed by atoms with van der Waals surface area (Å²) in [4.78, 5) is 17.3. The highest BCUT2D eigenvalue weighted by molar-refractivity contribution is 6.00. The predicted molar refractivity (Wildman–Crippen MR) is 83.1 cm³/mol. The molecule has 2 rings (SSSR count). The molecule has 3 heteroatoms. The van der Waals surface area contributed by atoms with Crippen molar-refractivity contribution in [2.75, 3.05) is 27.2 Å². The number of likely N-dealkylation sites (tertiary alicyclic amines) is 1. The Labute approximate surface area is 122 Å². The molecule has 3 nitrogen and oxygen atoms in total. The van der Waals surface area contributed by atoms with Crippen LogP contribution < -0.4 is 0 Å². The van der Waals surface area contributed by atoms with Gasteiger partial charge in [-0.1, -0.05) is 44.2 Å². The SMILES string of the molecule is CCC(C(=O)c1ccccc1)N1CC(C)C(N(C)C)C1. The van der Waals surface area contributed by atoms with E-state index in [0.717, 1.165) is 25.1 Å². The lowest BCUT2D eigenvalue weighted by molar-refractivity contribution is 0.0834. The van der Waals surface area contributed by atoms with Crippen LogP contribution in [0.15, 0.2) is 30.3 Å². The van der Waals surface area contributed by atoms with Crippen LogP contribution in [0.4, 0.5) is 0 Å². The third kappa shape index (κ3) is 3.10. The molecule has 0 N–H and O–H groups in total. The number of ketones is 1. The van der Waals surface area contributed by atoms with Gasteiger partial charge in [-0.3, -0.25) is 9.69 Å². The zero-order chi connectivity index (χ0) is 14.7. The Balaban J connectivity index is 2.12. The van der Waals surface area contributed by atoms with Gasteiger partial charge >= 0.3 is 0 Å². The van der Waals surface area contributed by atoms with Crippen molar-refractivity contribution in [2.24, 2.45) is 5.92 Å². The number of hydrogen-bond acceptors (Lipinski definition) is 3. The van der Waals surface area contributed by atoms with Crippen molar-refractivity contribution in [3.8, 4) is 0 Å². The molecule has 110 valence electrons. The molecule has 1 fully saturated rings. The van der Waals surface area contributed by atoms with Crippen LogP contribution in [0, 0.1) is 5.92 Å². The molecule has 1 aromatic rings. The van der Waals surface area contributed by atoms with E-state index in [9.17, 15) is 4.79 Å². The summed E-state index contributed by atoms with van der Waals surface area (Å²) in [5.41, 5.74) is 0.834. The van der Waals surface area contributed by atoms with Gasteiger partial charge in [0.1, 0.15) is 0 Å². The first-order valence-corrected chi connectivity index (χ1v) is 7.54. The summed E-state index contributed by atoms with van der Waals surface area (Å²) >= 11 is 0. The number of likely N-dealkylation sites (N-methyl/N-ethyl adjacent to an activating group) is 1. The van der Waals surface area contributed by atoms with Gasteiger partial charge in [-0.2, -0.15) is 0 Å². The van der Waals surface area contributed by atoms with Crippen LogP contribution in [-0.2, 0) is 0 Å². The van der Waals surface area contributed by atoms with Crippen LogP contribution in [0.25, 0.3) is 0 Å². The van der Waals surface area contributed by atoms with Crippen LogP contribution in [0.1, 0.15) is 30.6 Å². The van der Waals surface area contributed by atoms with E-state index in [1.165, 1.54) is 0 Å². The molecule has 3 atom stereocenters. The number of Topliss-reactive ketones (excluding diaryl/α,β-unsaturated/α-hetero) is 1. The molecule has 0 spiro atoms. The van der Waals surface area contributed by atoms with Crippen molar-refractivity contribution >= 4 is 5.78 Å². The molecule has 20 heavy (non-hydrogen) atoms. The van der Waals surface area contributed by atoms with E-state index in [0.29, 0.717) is 12.0 Å². The van der Waals surface area contributed by atoms with Gasteiger partial charge in [0.25, 0.3) is 0 Å². The van der Waals surface area contributed by atoms with Gasteiger partial charge in [-0.05, 0) is 26.4 Å². The summed E-state index contributed by atoms with van der Waals surface area (Å²) in [7, 11) is 4.26. The Morgan fingerprint density at radius 2 is 1.95 bits per heavy atom. The van der Waals surface area contributed by atoms with E-state index in [1.807, 2.05) is 30.3 Å². The van der Waals surface area contributed by atoms with Gasteiger partial charge in [-0.15, -0.1) is 0 Å². The summed E-state index contributed by atoms with van der Waals surface area (Å²) < 4.78 is 0. The molecule has 0 amide bonds. The second kappa shape index (κ2) is 6.51. The van der Waals surface area contributed by atoms with Crippen molar-refractivity contribution in [1.29, 1.82) is 0 Å². The number of carbonyl (C=O) groups is 1. The Hall–Kier alpha value is -1.19. The molecule has 1 aliphatic rings. The Bertz CT molecular complexity index is 444. The first kappa shape index (κ1) is 15.2. The van der Waals surface area contributed by atoms with Gasteiger partial charge < -0.3 is 4.90 Å². The lowest BCUT2D eigenvalue weighted by Crippen LogP contribution is -2.41. The van der Waals surface area contributed by atoms with E-state index >= 15 is 0 Å². The standard InChI is InChI=1S/C17H26N2O/c1-5-15(17(20)14-9-7-6-8-10-14)19-11-13(2)16(12-19)18(3)4/h6-10,13,15-16H,5,11-12H2,1-4H3. The second-order valence-corrected chi connectivity index (χ2v) is 6.12. The Morgan fingerprint density at radius 3 is 2.45 bits per heavy atom. The fraction of sp³-hybridized carbons (Fsp3) is 0.588. The van der Waals surface area contributed by atoms with Gasteiger partial charge in [-0.25, -0.2) is 0 Å². The minimum Gasteiger partial charge on any atom is -0.305 e. The smallest absolute Gasteiger partial charge is 0.179 e. The minimum atomic E-state index is 0.0183. The van der Waals surface area contributed by atoms with Crippen molar-refractivity contribution in [1.82, 2.24) is 9.80 Å². The van der Waals surface area contributed by atoms with Crippen molar-refractivity contribution in [2.45, 2.75) is 32.4 Å². The fourth-order valence-electron chi connectivity index (χ4n) is 3.32. The molecule has 1 aliphatic heterocycles. The van der Waals surface area contributed by atoms with E-state index in [1.54, 1.807) is 0 Å². The summed E-state index contributed by atoms with van der Waals surface area (Å²) in [5, 5.41) is 0. The highest BCUT2D eigenvalue weighted by Crippen LogP contribution is 2.24. The highest BCUT2D eigenvalue weighted by atomic mass is 16.1. The topological polar surface area (TPSA) is 23.6 Å². The van der Waals surface area contributed by atoms with E-state index in [-0.39, 0.29) is 11.8 Å². The summed E-state index contributed by atoms with van der Waals surface area (Å²) in [5.74, 6) is 0.877. The Morgan fingerprint density at radius 1 is 1.30 bits per heavy atom. The van der Waals surface area contributed by atoms with Gasteiger partial charge in [0.15, 0.2) is 5.78 Å². The van der Waals surface area contributed by atoms with Crippen LogP contribution >= 0.6 is 0 Å². The third-order valence-electron chi connectivity index (χ3n) is 4.45. The average molecular weight is 274 g/mol. The third-order valence-corrected chi connectivity index (χ3v) is 4.45. The molecule has 0 saturated carbocycles. The molecule has 0 radical (unpaired) electrons. The highest BCUT2D eigenvalue weighted by Gasteiger charge is 2.36. The van der Waals surface area contributed by atoms with Crippen molar-refractivity contribution < 1.29 is 4.79 Å². The zero-order valence-corrected chi connectivity index (χ0v) is 13.0. The van der Waals surface area contributed by atoms with Gasteiger partial charge in [0.05, 0.1) is 6.04 Å². The molecular weight excluding hydrogens is 248 g/mol. The molecular formula is C17H26N2O. The zero-order valence-electron chi connectivity index (χ0n) is 13.0. The molecule has 3 unspecified atom stereocenters. The van der Waals surface area contributed by atoms with Crippen LogP contribution in [0.3, 0.4) is 0 Å². The second-order valence-electron chi connectivity index (χ2n) is 6.12. The van der Waals surface area contributed by atoms with E-state index in [4.69, 9.17) is 0 Å². The maximum Gasteiger partial charge on any atom is 0.179 e. The summed E-state index contributed by atoms with van der Waals surface area (Å²) in [6.45, 7) is 6.40. The van der Waals surface area contributed by atoms with Crippen LogP contribution in [0.5, 0.6) is 0 Å². The molecule has 1 aromatic carbocycles. The number of hydrogen-bond donors (Lipinski definition) is 0. The average Bonchev–Trinajstić information content (AvgIpc) is 2.82. The lowest BCUT2D eigenvalue weighted by atomic mass is 10.0. The van der Waals surface area contributed by atoms with Crippen LogP contribution in [-0.4, -0.2) is 54.9 Å². The quantitative estimate of drug-likeness (QED) is 0.771. The van der Waals surface area contributed by atoms with Gasteiger partial charge in [0.2, 0.25) is 0 Å². The molecule has 0 bridgehead atoms. The number of rotatable bonds is 5. The van der Waals surface area contributed by atoms with Crippen molar-refractivity contribution in [3.63, 3.8) is 0 Å². The largest absolute Gasteiger partial charge is 0.305 e. The summed E-state index contributed by atoms with van der Waals surface area (Å²) in [6.07, 6.45) is 0.876. The van der Waals surface area contributed by atoms with E-state index < -0.39 is 0 Å². The molecule has 1 heterocycles. The maximum absolute atomic E-state index is 12.7. The summed E-state index contributed by atoms with van der Waals surface area (Å²) in [6, 6.07) is 10.3. The number of nitrogens with zero attached hydrogens (tertiary/aromatic N) is 2. The maximum atomic E-state index is 12.7. The first-order chi connectivity index (χ1) is 9.54. The van der Waals surface area contributed by atoms with Gasteiger partial charge in [0, 0.05) is 24.7 Å². The molecule has 0 aliphatic carbocycles.